The fourth-order valence-electron chi connectivity index (χ4n) is 6.20. The minimum atomic E-state index is -4.39. The summed E-state index contributed by atoms with van der Waals surface area (Å²) >= 11 is 0. The number of carbonyl (C=O) groups is 2. The maximum absolute atomic E-state index is 12.7. The first kappa shape index (κ1) is 56.9. The van der Waals surface area contributed by atoms with Crippen LogP contribution in [0, 0.1) is 0 Å². The van der Waals surface area contributed by atoms with Gasteiger partial charge in [-0.25, -0.2) is 4.57 Å². The Bertz CT molecular complexity index is 1160. The van der Waals surface area contributed by atoms with Crippen molar-refractivity contribution in [2.24, 2.45) is 0 Å². The fraction of sp³-hybridized carbons (Fsp3) is 0.792. The second-order valence-electron chi connectivity index (χ2n) is 17.1. The van der Waals surface area contributed by atoms with Gasteiger partial charge in [0.15, 0.2) is 6.10 Å². The zero-order valence-electron chi connectivity index (χ0n) is 38.3. The molecule has 0 aromatic heterocycles. The molecule has 0 bridgehead atoms. The summed E-state index contributed by atoms with van der Waals surface area (Å²) < 4.78 is 34.3. The molecule has 0 aliphatic heterocycles. The lowest BCUT2D eigenvalue weighted by molar-refractivity contribution is -0.870. The van der Waals surface area contributed by atoms with E-state index in [0.29, 0.717) is 23.9 Å². The van der Waals surface area contributed by atoms with Gasteiger partial charge in [-0.15, -0.1) is 0 Å². The summed E-state index contributed by atoms with van der Waals surface area (Å²) in [6.45, 7) is 3.91. The lowest BCUT2D eigenvalue weighted by Gasteiger charge is -2.24. The van der Waals surface area contributed by atoms with Crippen LogP contribution in [0.15, 0.2) is 48.6 Å². The second kappa shape index (κ2) is 40.0. The van der Waals surface area contributed by atoms with Crippen LogP contribution >= 0.6 is 7.82 Å². The predicted molar refractivity (Wildman–Crippen MR) is 244 cm³/mol. The molecule has 0 rings (SSSR count). The monoisotopic (exact) mass is 855 g/mol. The number of quaternary nitrogens is 1. The highest BCUT2D eigenvalue weighted by atomic mass is 31.2. The van der Waals surface area contributed by atoms with Gasteiger partial charge in [0.05, 0.1) is 33.9 Å². The summed E-state index contributed by atoms with van der Waals surface area (Å²) in [4.78, 5) is 35.4. The van der Waals surface area contributed by atoms with Crippen molar-refractivity contribution in [2.45, 2.75) is 199 Å². The van der Waals surface area contributed by atoms with Crippen molar-refractivity contribution in [2.75, 3.05) is 47.5 Å². The molecule has 0 aromatic rings. The molecule has 0 saturated carbocycles. The molecule has 0 saturated heterocycles. The van der Waals surface area contributed by atoms with Crippen LogP contribution in [0.25, 0.3) is 0 Å². The van der Waals surface area contributed by atoms with Gasteiger partial charge < -0.3 is 24.0 Å². The van der Waals surface area contributed by atoms with Crippen molar-refractivity contribution < 1.29 is 47.2 Å². The minimum absolute atomic E-state index is 0.0178. The smallest absolute Gasteiger partial charge is 0.462 e. The van der Waals surface area contributed by atoms with Crippen LogP contribution in [0.4, 0.5) is 0 Å². The molecule has 0 heterocycles. The summed E-state index contributed by atoms with van der Waals surface area (Å²) in [6.07, 6.45) is 44.4. The highest BCUT2D eigenvalue weighted by molar-refractivity contribution is 7.47. The number of allylic oxidation sites excluding steroid dienone is 8. The van der Waals surface area contributed by atoms with E-state index in [9.17, 15) is 24.2 Å². The summed E-state index contributed by atoms with van der Waals surface area (Å²) in [7, 11) is 1.43. The van der Waals surface area contributed by atoms with E-state index in [2.05, 4.69) is 49.5 Å². The third-order valence-corrected chi connectivity index (χ3v) is 10.9. The second-order valence-corrected chi connectivity index (χ2v) is 18.5. The summed E-state index contributed by atoms with van der Waals surface area (Å²) in [5.74, 6) is -0.877. The van der Waals surface area contributed by atoms with Gasteiger partial charge in [0.2, 0.25) is 0 Å². The van der Waals surface area contributed by atoms with E-state index in [1.165, 1.54) is 83.5 Å². The molecular weight excluding hydrogens is 766 g/mol. The lowest BCUT2D eigenvalue weighted by Crippen LogP contribution is -2.37. The molecule has 0 aliphatic rings. The Hall–Kier alpha value is -2.07. The number of hydrogen-bond acceptors (Lipinski definition) is 8. The average Bonchev–Trinajstić information content (AvgIpc) is 3.17. The number of rotatable bonds is 42. The zero-order valence-corrected chi connectivity index (χ0v) is 39.2. The molecule has 2 N–H and O–H groups in total. The van der Waals surface area contributed by atoms with Crippen molar-refractivity contribution in [1.82, 2.24) is 0 Å². The Labute approximate surface area is 361 Å². The van der Waals surface area contributed by atoms with Crippen molar-refractivity contribution in [3.05, 3.63) is 48.6 Å². The zero-order chi connectivity index (χ0) is 43.7. The molecular formula is C48H89NO9P+. The van der Waals surface area contributed by atoms with Crippen LogP contribution in [0.3, 0.4) is 0 Å². The minimum Gasteiger partial charge on any atom is -0.462 e. The number of unbranched alkanes of at least 4 members (excludes halogenated alkanes) is 18. The standard InChI is InChI=1S/C48H88NO9P/c1-6-7-8-9-10-11-12-13-14-15-18-22-25-28-31-34-37-40-48(52)58-46(44-57-59(53,54)56-42-41-49(3,4)5)43-55-47(51)39-36-33-30-27-24-21-19-16-17-20-23-26-29-32-35-38-45(2)50/h17,19-21,26-27,29-30,45-46,50H,6-16,18,22-25,28,31-44H2,1-5H3/p+1/b20-17-,21-19-,29-26-,30-27-/t45-,46-/m1/s1. The highest BCUT2D eigenvalue weighted by Crippen LogP contribution is 2.43. The Balaban J connectivity index is 4.40. The van der Waals surface area contributed by atoms with Gasteiger partial charge in [0.25, 0.3) is 0 Å². The van der Waals surface area contributed by atoms with Crippen LogP contribution in [-0.2, 0) is 32.7 Å². The number of esters is 2. The number of ether oxygens (including phenoxy) is 2. The number of aliphatic hydroxyl groups excluding tert-OH is 1. The Morgan fingerprint density at radius 1 is 0.593 bits per heavy atom. The molecule has 11 heteroatoms. The number of aliphatic hydroxyl groups is 1. The molecule has 59 heavy (non-hydrogen) atoms. The molecule has 0 spiro atoms. The summed E-state index contributed by atoms with van der Waals surface area (Å²) in [6, 6.07) is 0. The highest BCUT2D eigenvalue weighted by Gasteiger charge is 2.27. The largest absolute Gasteiger partial charge is 0.472 e. The van der Waals surface area contributed by atoms with Crippen molar-refractivity contribution in [1.29, 1.82) is 0 Å². The van der Waals surface area contributed by atoms with E-state index >= 15 is 0 Å². The predicted octanol–water partition coefficient (Wildman–Crippen LogP) is 12.4. The van der Waals surface area contributed by atoms with E-state index in [0.717, 1.165) is 64.2 Å². The Morgan fingerprint density at radius 2 is 1.03 bits per heavy atom. The normalized spacial score (nSPS) is 14.5. The number of hydrogen-bond donors (Lipinski definition) is 2. The fourth-order valence-corrected chi connectivity index (χ4v) is 6.94. The van der Waals surface area contributed by atoms with Crippen molar-refractivity contribution >= 4 is 19.8 Å². The van der Waals surface area contributed by atoms with Crippen LogP contribution in [0.2, 0.25) is 0 Å². The van der Waals surface area contributed by atoms with Gasteiger partial charge in [-0.05, 0) is 64.7 Å². The van der Waals surface area contributed by atoms with Gasteiger partial charge in [0.1, 0.15) is 19.8 Å². The van der Waals surface area contributed by atoms with Gasteiger partial charge in [-0.1, -0.05) is 158 Å². The molecule has 0 radical (unpaired) electrons. The molecule has 0 amide bonds. The van der Waals surface area contributed by atoms with Crippen LogP contribution < -0.4 is 0 Å². The molecule has 0 fully saturated rings. The molecule has 344 valence electrons. The molecule has 0 aliphatic carbocycles. The van der Waals surface area contributed by atoms with E-state index in [-0.39, 0.29) is 32.2 Å². The van der Waals surface area contributed by atoms with Crippen molar-refractivity contribution in [3.8, 4) is 0 Å². The van der Waals surface area contributed by atoms with Crippen LogP contribution in [-0.4, -0.2) is 86.1 Å². The van der Waals surface area contributed by atoms with Crippen LogP contribution in [0.1, 0.15) is 187 Å². The van der Waals surface area contributed by atoms with Crippen molar-refractivity contribution in [3.63, 3.8) is 0 Å². The topological polar surface area (TPSA) is 129 Å². The van der Waals surface area contributed by atoms with Gasteiger partial charge in [-0.2, -0.15) is 0 Å². The molecule has 0 aromatic carbocycles. The van der Waals surface area contributed by atoms with Crippen LogP contribution in [0.5, 0.6) is 0 Å². The third kappa shape index (κ3) is 45.3. The molecule has 3 atom stereocenters. The molecule has 10 nitrogen and oxygen atoms in total. The Morgan fingerprint density at radius 3 is 1.51 bits per heavy atom. The van der Waals surface area contributed by atoms with Gasteiger partial charge in [0, 0.05) is 12.8 Å². The summed E-state index contributed by atoms with van der Waals surface area (Å²) in [5, 5.41) is 9.28. The maximum atomic E-state index is 12.7. The third-order valence-electron chi connectivity index (χ3n) is 9.88. The SMILES string of the molecule is CCCCCCCCCCCCCCCCCCCC(=O)O[C@H](COC(=O)CCC/C=C\C/C=C\C/C=C\C/C=C\CCC[C@@H](C)O)COP(=O)(O)OCC[N+](C)(C)C. The Kier molecular flexibility index (Phi) is 38.6. The number of nitrogens with zero attached hydrogens (tertiary/aromatic N) is 1. The van der Waals surface area contributed by atoms with E-state index in [1.54, 1.807) is 0 Å². The number of likely N-dealkylation sites (N-methyl/N-ethyl adjacent to an activating group) is 1. The lowest BCUT2D eigenvalue weighted by atomic mass is 10.0. The maximum Gasteiger partial charge on any atom is 0.472 e. The first-order valence-electron chi connectivity index (χ1n) is 23.4. The average molecular weight is 855 g/mol. The number of phosphoric acid groups is 1. The van der Waals surface area contributed by atoms with Gasteiger partial charge >= 0.3 is 19.8 Å². The van der Waals surface area contributed by atoms with E-state index in [4.69, 9.17) is 18.5 Å². The number of carbonyl (C=O) groups excluding carboxylic acids is 2. The van der Waals surface area contributed by atoms with Gasteiger partial charge in [-0.3, -0.25) is 18.6 Å². The quantitative estimate of drug-likeness (QED) is 0.0203. The first-order chi connectivity index (χ1) is 28.3. The summed E-state index contributed by atoms with van der Waals surface area (Å²) in [5.41, 5.74) is 0. The first-order valence-corrected chi connectivity index (χ1v) is 24.9. The number of phosphoric ester groups is 1. The van der Waals surface area contributed by atoms with E-state index in [1.807, 2.05) is 34.1 Å². The molecule has 1 unspecified atom stereocenters. The van der Waals surface area contributed by atoms with E-state index < -0.39 is 32.5 Å².